The number of nitrogens with one attached hydrogen (secondary N) is 2. The van der Waals surface area contributed by atoms with Gasteiger partial charge in [0.2, 0.25) is 5.13 Å². The second kappa shape index (κ2) is 3.83. The normalized spacial score (nSPS) is 11.6. The molecule has 0 saturated carbocycles. The molecule has 0 atom stereocenters. The van der Waals surface area contributed by atoms with Crippen molar-refractivity contribution in [2.24, 2.45) is 0 Å². The summed E-state index contributed by atoms with van der Waals surface area (Å²) in [6.07, 6.45) is 0. The molecule has 2 aromatic rings. The third-order valence-electron chi connectivity index (χ3n) is 1.91. The fourth-order valence-corrected chi connectivity index (χ4v) is 3.39. The first-order valence-corrected chi connectivity index (χ1v) is 6.67. The summed E-state index contributed by atoms with van der Waals surface area (Å²) in [5.74, 6) is 0. The largest absolute Gasteiger partial charge is 0.281 e. The van der Waals surface area contributed by atoms with Crippen LogP contribution < -0.4 is 4.72 Å². The van der Waals surface area contributed by atoms with Gasteiger partial charge in [-0.05, 0) is 13.8 Å². The second-order valence-corrected chi connectivity index (χ2v) is 5.56. The molecule has 86 valence electrons. The molecule has 0 aliphatic heterocycles. The molecule has 0 saturated heterocycles. The molecule has 2 aromatic heterocycles. The van der Waals surface area contributed by atoms with E-state index in [4.69, 9.17) is 0 Å². The van der Waals surface area contributed by atoms with Crippen LogP contribution in [0.3, 0.4) is 0 Å². The number of sulfonamides is 1. The van der Waals surface area contributed by atoms with Gasteiger partial charge in [-0.3, -0.25) is 9.82 Å². The number of aromatic nitrogens is 4. The van der Waals surface area contributed by atoms with Gasteiger partial charge in [-0.15, -0.1) is 10.2 Å². The van der Waals surface area contributed by atoms with Crippen molar-refractivity contribution in [2.45, 2.75) is 18.7 Å². The highest BCUT2D eigenvalue weighted by Crippen LogP contribution is 2.20. The maximum atomic E-state index is 12.0. The van der Waals surface area contributed by atoms with Crippen molar-refractivity contribution >= 4 is 26.5 Å². The Balaban J connectivity index is 2.40. The Hall–Kier alpha value is -1.48. The second-order valence-electron chi connectivity index (χ2n) is 3.11. The Bertz CT molecular complexity index is 567. The number of aryl methyl sites for hydroxylation is 2. The number of nitrogens with zero attached hydrogens (tertiary/aromatic N) is 3. The Labute approximate surface area is 96.0 Å². The minimum Gasteiger partial charge on any atom is -0.281 e. The molecule has 16 heavy (non-hydrogen) atoms. The zero-order chi connectivity index (χ0) is 11.8. The van der Waals surface area contributed by atoms with Gasteiger partial charge < -0.3 is 0 Å². The van der Waals surface area contributed by atoms with E-state index < -0.39 is 10.0 Å². The van der Waals surface area contributed by atoms with Crippen LogP contribution in [0.15, 0.2) is 10.4 Å². The molecule has 7 nitrogen and oxygen atoms in total. The van der Waals surface area contributed by atoms with E-state index in [0.29, 0.717) is 11.4 Å². The lowest BCUT2D eigenvalue weighted by molar-refractivity contribution is 0.600. The number of hydrogen-bond donors (Lipinski definition) is 2. The van der Waals surface area contributed by atoms with Gasteiger partial charge in [0, 0.05) is 0 Å². The van der Waals surface area contributed by atoms with E-state index in [0.717, 1.165) is 11.3 Å². The average Bonchev–Trinajstić information content (AvgIpc) is 2.76. The highest BCUT2D eigenvalue weighted by atomic mass is 32.2. The minimum atomic E-state index is -3.64. The molecule has 0 fully saturated rings. The molecule has 0 amide bonds. The maximum Gasteiger partial charge on any atom is 0.267 e. The van der Waals surface area contributed by atoms with E-state index in [-0.39, 0.29) is 10.0 Å². The van der Waals surface area contributed by atoms with Crippen molar-refractivity contribution in [3.05, 3.63) is 16.9 Å². The molecule has 0 radical (unpaired) electrons. The molecule has 0 aliphatic rings. The zero-order valence-corrected chi connectivity index (χ0v) is 10.2. The van der Waals surface area contributed by atoms with Crippen molar-refractivity contribution in [1.82, 2.24) is 20.4 Å². The van der Waals surface area contributed by atoms with Crippen molar-refractivity contribution in [2.75, 3.05) is 4.72 Å². The Morgan fingerprint density at radius 1 is 1.44 bits per heavy atom. The van der Waals surface area contributed by atoms with Crippen molar-refractivity contribution in [3.63, 3.8) is 0 Å². The Kier molecular flexibility index (Phi) is 2.64. The van der Waals surface area contributed by atoms with E-state index in [9.17, 15) is 8.42 Å². The predicted octanol–water partition coefficient (Wildman–Crippen LogP) is 0.679. The lowest BCUT2D eigenvalue weighted by Crippen LogP contribution is -2.14. The first-order valence-electron chi connectivity index (χ1n) is 4.31. The van der Waals surface area contributed by atoms with Crippen LogP contribution in [0.4, 0.5) is 5.13 Å². The van der Waals surface area contributed by atoms with Crippen LogP contribution >= 0.6 is 11.3 Å². The van der Waals surface area contributed by atoms with Gasteiger partial charge in [-0.2, -0.15) is 5.10 Å². The van der Waals surface area contributed by atoms with Crippen LogP contribution in [0.1, 0.15) is 11.4 Å². The summed E-state index contributed by atoms with van der Waals surface area (Å²) >= 11 is 1.12. The predicted molar refractivity (Wildman–Crippen MR) is 58.8 cm³/mol. The van der Waals surface area contributed by atoms with Crippen LogP contribution in [0.25, 0.3) is 0 Å². The quantitative estimate of drug-likeness (QED) is 0.844. The SMILES string of the molecule is Cc1n[nH]c(C)c1S(=O)(=O)Nc1nncs1. The third-order valence-corrected chi connectivity index (χ3v) is 4.25. The number of hydrogen-bond acceptors (Lipinski definition) is 6. The molecule has 0 aliphatic carbocycles. The van der Waals surface area contributed by atoms with Crippen LogP contribution in [0.5, 0.6) is 0 Å². The highest BCUT2D eigenvalue weighted by molar-refractivity contribution is 7.93. The summed E-state index contributed by atoms with van der Waals surface area (Å²) in [5.41, 5.74) is 2.37. The average molecular weight is 259 g/mol. The molecule has 0 unspecified atom stereocenters. The van der Waals surface area contributed by atoms with E-state index in [2.05, 4.69) is 25.1 Å². The number of rotatable bonds is 3. The zero-order valence-electron chi connectivity index (χ0n) is 8.55. The summed E-state index contributed by atoms with van der Waals surface area (Å²) < 4.78 is 26.3. The van der Waals surface area contributed by atoms with Gasteiger partial charge in [0.25, 0.3) is 10.0 Å². The first-order chi connectivity index (χ1) is 7.50. The molecule has 2 heterocycles. The molecule has 2 rings (SSSR count). The molecule has 0 spiro atoms. The van der Waals surface area contributed by atoms with Crippen LogP contribution in [-0.4, -0.2) is 28.8 Å². The van der Waals surface area contributed by atoms with Gasteiger partial charge in [-0.1, -0.05) is 11.3 Å². The lowest BCUT2D eigenvalue weighted by atomic mass is 10.4. The summed E-state index contributed by atoms with van der Waals surface area (Å²) in [7, 11) is -3.64. The van der Waals surface area contributed by atoms with Gasteiger partial charge in [0.05, 0.1) is 11.4 Å². The highest BCUT2D eigenvalue weighted by Gasteiger charge is 2.23. The fourth-order valence-electron chi connectivity index (χ4n) is 1.32. The summed E-state index contributed by atoms with van der Waals surface area (Å²) in [5, 5.41) is 13.9. The summed E-state index contributed by atoms with van der Waals surface area (Å²) in [6.45, 7) is 3.27. The lowest BCUT2D eigenvalue weighted by Gasteiger charge is -2.03. The van der Waals surface area contributed by atoms with Crippen molar-refractivity contribution in [3.8, 4) is 0 Å². The van der Waals surface area contributed by atoms with Gasteiger partial charge >= 0.3 is 0 Å². The van der Waals surface area contributed by atoms with Crippen molar-refractivity contribution in [1.29, 1.82) is 0 Å². The Morgan fingerprint density at radius 2 is 2.19 bits per heavy atom. The van der Waals surface area contributed by atoms with Crippen LogP contribution in [0.2, 0.25) is 0 Å². The van der Waals surface area contributed by atoms with E-state index in [1.807, 2.05) is 0 Å². The Morgan fingerprint density at radius 3 is 2.69 bits per heavy atom. The molecule has 9 heteroatoms. The molecular formula is C7H9N5O2S2. The fraction of sp³-hybridized carbons (Fsp3) is 0.286. The van der Waals surface area contributed by atoms with Crippen LogP contribution in [-0.2, 0) is 10.0 Å². The standard InChI is InChI=1S/C7H9N5O2S2/c1-4-6(5(2)10-9-4)16(13,14)12-7-11-8-3-15-7/h3H,1-2H3,(H,9,10)(H,11,12). The third kappa shape index (κ3) is 1.91. The smallest absolute Gasteiger partial charge is 0.267 e. The van der Waals surface area contributed by atoms with Gasteiger partial charge in [0.15, 0.2) is 0 Å². The van der Waals surface area contributed by atoms with E-state index >= 15 is 0 Å². The molecule has 0 bridgehead atoms. The summed E-state index contributed by atoms with van der Waals surface area (Å²) in [6, 6.07) is 0. The molecule has 2 N–H and O–H groups in total. The number of anilines is 1. The minimum absolute atomic E-state index is 0.155. The van der Waals surface area contributed by atoms with E-state index in [1.165, 1.54) is 5.51 Å². The monoisotopic (exact) mass is 259 g/mol. The number of H-pyrrole nitrogens is 1. The molecular weight excluding hydrogens is 250 g/mol. The van der Waals surface area contributed by atoms with E-state index in [1.54, 1.807) is 13.8 Å². The van der Waals surface area contributed by atoms with Crippen molar-refractivity contribution < 1.29 is 8.42 Å². The number of aromatic amines is 1. The van der Waals surface area contributed by atoms with Gasteiger partial charge in [-0.25, -0.2) is 8.42 Å². The first kappa shape index (κ1) is 11.0. The van der Waals surface area contributed by atoms with Crippen LogP contribution in [0, 0.1) is 13.8 Å². The topological polar surface area (TPSA) is 101 Å². The molecule has 0 aromatic carbocycles. The van der Waals surface area contributed by atoms with Gasteiger partial charge in [0.1, 0.15) is 10.4 Å². The maximum absolute atomic E-state index is 12.0. The summed E-state index contributed by atoms with van der Waals surface area (Å²) in [4.78, 5) is 0.155.